The highest BCUT2D eigenvalue weighted by Gasteiger charge is 2.34. The smallest absolute Gasteiger partial charge is 0.282 e. The molecule has 1 N–H and O–H groups in total. The molecule has 2 aromatic rings. The molecule has 0 aromatic heterocycles. The number of nitrogens with zero attached hydrogens (tertiary/aromatic N) is 2. The molecular weight excluding hydrogens is 462 g/mol. The van der Waals surface area contributed by atoms with Crippen LogP contribution in [0.1, 0.15) is 18.1 Å². The monoisotopic (exact) mass is 481 g/mol. The Morgan fingerprint density at radius 2 is 1.97 bits per heavy atom. The number of aliphatic imine (C=N–C) groups is 1. The summed E-state index contributed by atoms with van der Waals surface area (Å²) in [4.78, 5) is 21.8. The van der Waals surface area contributed by atoms with Gasteiger partial charge in [-0.3, -0.25) is 10.2 Å². The summed E-state index contributed by atoms with van der Waals surface area (Å²) in [5.74, 6) is 1.84. The Kier molecular flexibility index (Phi) is 5.90. The van der Waals surface area contributed by atoms with Crippen LogP contribution < -0.4 is 9.47 Å². The van der Waals surface area contributed by atoms with Gasteiger partial charge in [0.05, 0.1) is 10.0 Å². The quantitative estimate of drug-likeness (QED) is 0.478. The van der Waals surface area contributed by atoms with Crippen molar-refractivity contribution in [2.75, 3.05) is 13.2 Å². The van der Waals surface area contributed by atoms with Crippen molar-refractivity contribution in [1.82, 2.24) is 5.06 Å². The van der Waals surface area contributed by atoms with Gasteiger partial charge in [-0.05, 0) is 71.2 Å². The van der Waals surface area contributed by atoms with Crippen LogP contribution in [0.5, 0.6) is 11.5 Å². The first-order valence-electron chi connectivity index (χ1n) is 9.62. The molecule has 31 heavy (non-hydrogen) atoms. The van der Waals surface area contributed by atoms with Crippen molar-refractivity contribution >= 4 is 39.6 Å². The molecule has 7 nitrogen and oxygen atoms in total. The van der Waals surface area contributed by atoms with Crippen molar-refractivity contribution in [1.29, 1.82) is 5.41 Å². The molecule has 158 valence electrons. The number of benzene rings is 2. The van der Waals surface area contributed by atoms with Crippen LogP contribution in [-0.2, 0) is 9.63 Å². The molecule has 4 rings (SSSR count). The lowest BCUT2D eigenvalue weighted by Gasteiger charge is -2.23. The molecule has 0 bridgehead atoms. The minimum absolute atomic E-state index is 0.0483. The van der Waals surface area contributed by atoms with Crippen LogP contribution in [0.3, 0.4) is 0 Å². The largest absolute Gasteiger partial charge is 0.490 e. The normalized spacial score (nSPS) is 16.6. The predicted octanol–water partition coefficient (Wildman–Crippen LogP) is 4.67. The van der Waals surface area contributed by atoms with Gasteiger partial charge in [0.15, 0.2) is 11.7 Å². The molecule has 2 aliphatic heterocycles. The molecule has 2 aliphatic rings. The first-order valence-corrected chi connectivity index (χ1v) is 10.4. The van der Waals surface area contributed by atoms with Crippen LogP contribution in [0.15, 0.2) is 69.3 Å². The number of rotatable bonds is 6. The number of nitrogens with one attached hydrogen (secondary N) is 1. The van der Waals surface area contributed by atoms with Crippen LogP contribution in [0.2, 0.25) is 0 Å². The van der Waals surface area contributed by atoms with Gasteiger partial charge in [0.1, 0.15) is 30.5 Å². The number of carbonyl (C=O) groups excluding carboxylic acids is 1. The number of carbonyl (C=O) groups is 1. The molecule has 0 aliphatic carbocycles. The lowest BCUT2D eigenvalue weighted by molar-refractivity contribution is -0.114. The molecule has 0 spiro atoms. The molecular formula is C23H20BrN3O4. The molecule has 8 heteroatoms. The summed E-state index contributed by atoms with van der Waals surface area (Å²) in [5.41, 5.74) is 2.02. The molecule has 2 aromatic carbocycles. The van der Waals surface area contributed by atoms with Crippen molar-refractivity contribution in [3.63, 3.8) is 0 Å². The Balaban J connectivity index is 1.40. The lowest BCUT2D eigenvalue weighted by atomic mass is 10.1. The predicted molar refractivity (Wildman–Crippen MR) is 121 cm³/mol. The fraction of sp³-hybridized carbons (Fsp3) is 0.174. The van der Waals surface area contributed by atoms with Gasteiger partial charge < -0.3 is 14.3 Å². The number of amidine groups is 2. The number of ether oxygens (including phenoxy) is 2. The third kappa shape index (κ3) is 4.69. The third-order valence-electron chi connectivity index (χ3n) is 4.55. The molecule has 0 saturated carbocycles. The van der Waals surface area contributed by atoms with Crippen molar-refractivity contribution in [3.05, 3.63) is 75.5 Å². The second kappa shape index (κ2) is 8.77. The van der Waals surface area contributed by atoms with Gasteiger partial charge in [-0.25, -0.2) is 0 Å². The lowest BCUT2D eigenvalue weighted by Crippen LogP contribution is -2.38. The number of aryl methyl sites for hydroxylation is 1. The zero-order valence-electron chi connectivity index (χ0n) is 17.0. The van der Waals surface area contributed by atoms with Crippen LogP contribution in [0.25, 0.3) is 6.08 Å². The Hall–Kier alpha value is -3.39. The average molecular weight is 482 g/mol. The van der Waals surface area contributed by atoms with E-state index < -0.39 is 5.91 Å². The van der Waals surface area contributed by atoms with Crippen molar-refractivity contribution in [2.45, 2.75) is 13.8 Å². The van der Waals surface area contributed by atoms with Gasteiger partial charge in [0, 0.05) is 6.08 Å². The van der Waals surface area contributed by atoms with Gasteiger partial charge in [0.2, 0.25) is 0 Å². The second-order valence-corrected chi connectivity index (χ2v) is 7.88. The summed E-state index contributed by atoms with van der Waals surface area (Å²) < 4.78 is 12.2. The highest BCUT2D eigenvalue weighted by molar-refractivity contribution is 9.10. The number of hydrogen-bond donors (Lipinski definition) is 1. The van der Waals surface area contributed by atoms with Crippen LogP contribution >= 0.6 is 15.9 Å². The van der Waals surface area contributed by atoms with Gasteiger partial charge in [-0.15, -0.1) is 5.06 Å². The number of fused-ring (bicyclic) bond motifs is 1. The summed E-state index contributed by atoms with van der Waals surface area (Å²) in [7, 11) is 0. The summed E-state index contributed by atoms with van der Waals surface area (Å²) in [6.07, 6.45) is 3.23. The molecule has 0 unspecified atom stereocenters. The number of amides is 1. The molecule has 2 heterocycles. The zero-order valence-corrected chi connectivity index (χ0v) is 18.6. The fourth-order valence-electron chi connectivity index (χ4n) is 3.11. The van der Waals surface area contributed by atoms with E-state index >= 15 is 0 Å². The maximum Gasteiger partial charge on any atom is 0.282 e. The maximum absolute atomic E-state index is 12.4. The van der Waals surface area contributed by atoms with E-state index in [0.717, 1.165) is 21.3 Å². The number of halogens is 1. The Morgan fingerprint density at radius 3 is 2.74 bits per heavy atom. The number of hydrogen-bond acceptors (Lipinski definition) is 5. The van der Waals surface area contributed by atoms with Gasteiger partial charge in [-0.1, -0.05) is 18.2 Å². The Morgan fingerprint density at radius 1 is 1.16 bits per heavy atom. The van der Waals surface area contributed by atoms with E-state index in [0.29, 0.717) is 30.6 Å². The maximum atomic E-state index is 12.4. The van der Waals surface area contributed by atoms with E-state index in [2.05, 4.69) is 20.9 Å². The van der Waals surface area contributed by atoms with Crippen LogP contribution in [0, 0.1) is 12.3 Å². The Bertz CT molecular complexity index is 1150. The average Bonchev–Trinajstić information content (AvgIpc) is 3.10. The van der Waals surface area contributed by atoms with Crippen molar-refractivity contribution < 1.29 is 19.1 Å². The molecule has 0 radical (unpaired) electrons. The molecule has 0 fully saturated rings. The topological polar surface area (TPSA) is 84.2 Å². The molecule has 1 amide bonds. The first kappa shape index (κ1) is 20.9. The van der Waals surface area contributed by atoms with Gasteiger partial charge in [-0.2, -0.15) is 4.99 Å². The summed E-state index contributed by atoms with van der Waals surface area (Å²) in [6.45, 7) is 4.55. The number of allylic oxidation sites excluding steroid dienone is 1. The number of hydroxylamine groups is 2. The minimum atomic E-state index is -0.476. The summed E-state index contributed by atoms with van der Waals surface area (Å²) in [6, 6.07) is 13.3. The first-order chi connectivity index (χ1) is 14.9. The summed E-state index contributed by atoms with van der Waals surface area (Å²) >= 11 is 3.50. The van der Waals surface area contributed by atoms with E-state index in [1.54, 1.807) is 25.1 Å². The second-order valence-electron chi connectivity index (χ2n) is 7.03. The standard InChI is InChI=1S/C23H20BrN3O4/c1-14-4-3-5-17(10-14)29-8-9-30-20-7-6-16(13-19(20)24)12-18-22(25)27-21(26-23(18)28)11-15(2)31-27/h3-7,10-13,25H,8-9H2,1-2H3/b18-12+,25-22?. The van der Waals surface area contributed by atoms with Crippen molar-refractivity contribution in [2.24, 2.45) is 4.99 Å². The van der Waals surface area contributed by atoms with Gasteiger partial charge in [0.25, 0.3) is 5.91 Å². The van der Waals surface area contributed by atoms with E-state index in [1.165, 1.54) is 5.06 Å². The minimum Gasteiger partial charge on any atom is -0.490 e. The summed E-state index contributed by atoms with van der Waals surface area (Å²) in [5, 5.41) is 9.52. The SMILES string of the molecule is CC1=CC2=NC(=O)/C(=C/c3ccc(OCCOc4cccc(C)c4)c(Br)c3)C(=N)N2O1. The van der Waals surface area contributed by atoms with Crippen molar-refractivity contribution in [3.8, 4) is 11.5 Å². The van der Waals surface area contributed by atoms with E-state index in [9.17, 15) is 4.79 Å². The van der Waals surface area contributed by atoms with Crippen LogP contribution in [0.4, 0.5) is 0 Å². The zero-order chi connectivity index (χ0) is 22.0. The highest BCUT2D eigenvalue weighted by Crippen LogP contribution is 2.29. The molecule has 0 saturated heterocycles. The fourth-order valence-corrected chi connectivity index (χ4v) is 3.62. The third-order valence-corrected chi connectivity index (χ3v) is 5.17. The van der Waals surface area contributed by atoms with E-state index in [1.807, 2.05) is 43.3 Å². The van der Waals surface area contributed by atoms with Crippen LogP contribution in [-0.4, -0.2) is 35.9 Å². The Labute approximate surface area is 188 Å². The van der Waals surface area contributed by atoms with Gasteiger partial charge >= 0.3 is 0 Å². The van der Waals surface area contributed by atoms with E-state index in [-0.39, 0.29) is 11.4 Å². The molecule has 0 atom stereocenters. The van der Waals surface area contributed by atoms with E-state index in [4.69, 9.17) is 19.7 Å². The highest BCUT2D eigenvalue weighted by atomic mass is 79.9.